The molecule has 1 N–H and O–H groups in total. The number of hydrogen-bond donors (Lipinski definition) is 1. The van der Waals surface area contributed by atoms with Crippen LogP contribution in [0.15, 0.2) is 36.4 Å². The van der Waals surface area contributed by atoms with Gasteiger partial charge < -0.3 is 19.3 Å². The number of allylic oxidation sites excluding steroid dienone is 1. The molecule has 0 aromatic heterocycles. The Morgan fingerprint density at radius 2 is 1.78 bits per heavy atom. The van der Waals surface area contributed by atoms with E-state index >= 15 is 0 Å². The van der Waals surface area contributed by atoms with E-state index in [1.807, 2.05) is 0 Å². The number of aromatic hydroxyl groups is 1. The minimum absolute atomic E-state index is 0.0193. The molecule has 0 heterocycles. The van der Waals surface area contributed by atoms with E-state index in [2.05, 4.69) is 6.07 Å². The van der Waals surface area contributed by atoms with Crippen LogP contribution in [0.5, 0.6) is 23.0 Å². The van der Waals surface area contributed by atoms with E-state index in [-0.39, 0.29) is 5.75 Å². The summed E-state index contributed by atoms with van der Waals surface area (Å²) in [6, 6.07) is 12.4. The standard InChI is InChI=1S/C18H17NO4/c1-21-16-8-7-12(10-17(16)22-2)14(11-19)9-13-5-4-6-15(20)18(13)23-3/h4-10,20H,1-3H3. The number of para-hydroxylation sites is 1. The average Bonchev–Trinajstić information content (AvgIpc) is 2.59. The molecule has 0 aliphatic rings. The summed E-state index contributed by atoms with van der Waals surface area (Å²) in [5.41, 5.74) is 1.70. The van der Waals surface area contributed by atoms with Gasteiger partial charge in [0, 0.05) is 5.56 Å². The number of benzene rings is 2. The lowest BCUT2D eigenvalue weighted by Gasteiger charge is -2.10. The Bertz CT molecular complexity index is 775. The molecule has 0 saturated heterocycles. The second-order valence-corrected chi connectivity index (χ2v) is 4.64. The maximum atomic E-state index is 9.82. The first-order valence-electron chi connectivity index (χ1n) is 6.84. The van der Waals surface area contributed by atoms with Crippen LogP contribution in [0.3, 0.4) is 0 Å². The summed E-state index contributed by atoms with van der Waals surface area (Å²) >= 11 is 0. The van der Waals surface area contributed by atoms with Crippen LogP contribution < -0.4 is 14.2 Å². The fourth-order valence-electron chi connectivity index (χ4n) is 2.22. The third kappa shape index (κ3) is 3.38. The number of nitrogens with zero attached hydrogens (tertiary/aromatic N) is 1. The van der Waals surface area contributed by atoms with Gasteiger partial charge in [-0.3, -0.25) is 0 Å². The molecule has 0 aliphatic heterocycles. The average molecular weight is 311 g/mol. The molecule has 0 fully saturated rings. The molecule has 0 aliphatic carbocycles. The Morgan fingerprint density at radius 1 is 1.04 bits per heavy atom. The van der Waals surface area contributed by atoms with E-state index in [0.29, 0.717) is 33.9 Å². The zero-order chi connectivity index (χ0) is 16.8. The van der Waals surface area contributed by atoms with Crippen molar-refractivity contribution in [2.45, 2.75) is 0 Å². The lowest BCUT2D eigenvalue weighted by atomic mass is 10.0. The molecule has 0 bridgehead atoms. The van der Waals surface area contributed by atoms with Gasteiger partial charge in [0.1, 0.15) is 0 Å². The Balaban J connectivity index is 2.53. The van der Waals surface area contributed by atoms with Crippen molar-refractivity contribution in [1.82, 2.24) is 0 Å². The summed E-state index contributed by atoms with van der Waals surface area (Å²) in [4.78, 5) is 0. The minimum Gasteiger partial charge on any atom is -0.504 e. The second kappa shape index (κ2) is 7.23. The molecule has 2 rings (SSSR count). The number of rotatable bonds is 5. The summed E-state index contributed by atoms with van der Waals surface area (Å²) in [6.45, 7) is 0. The highest BCUT2D eigenvalue weighted by molar-refractivity contribution is 5.91. The second-order valence-electron chi connectivity index (χ2n) is 4.64. The molecule has 0 amide bonds. The van der Waals surface area contributed by atoms with Gasteiger partial charge >= 0.3 is 0 Å². The van der Waals surface area contributed by atoms with Crippen LogP contribution in [0.4, 0.5) is 0 Å². The number of nitriles is 1. The predicted octanol–water partition coefficient (Wildman–Crippen LogP) is 3.48. The van der Waals surface area contributed by atoms with Crippen molar-refractivity contribution in [1.29, 1.82) is 5.26 Å². The largest absolute Gasteiger partial charge is 0.504 e. The van der Waals surface area contributed by atoms with Gasteiger partial charge in [0.25, 0.3) is 0 Å². The van der Waals surface area contributed by atoms with E-state index in [1.165, 1.54) is 20.3 Å². The first-order chi connectivity index (χ1) is 11.1. The van der Waals surface area contributed by atoms with Gasteiger partial charge in [-0.05, 0) is 35.9 Å². The van der Waals surface area contributed by atoms with E-state index < -0.39 is 0 Å². The summed E-state index contributed by atoms with van der Waals surface area (Å²) in [5.74, 6) is 1.46. The van der Waals surface area contributed by atoms with Crippen LogP contribution in [-0.4, -0.2) is 26.4 Å². The smallest absolute Gasteiger partial charge is 0.167 e. The van der Waals surface area contributed by atoms with Crippen LogP contribution in [0, 0.1) is 11.3 Å². The molecule has 0 radical (unpaired) electrons. The Morgan fingerprint density at radius 3 is 2.39 bits per heavy atom. The van der Waals surface area contributed by atoms with Crippen LogP contribution in [-0.2, 0) is 0 Å². The minimum atomic E-state index is 0.0193. The van der Waals surface area contributed by atoms with E-state index in [9.17, 15) is 10.4 Å². The molecule has 0 unspecified atom stereocenters. The van der Waals surface area contributed by atoms with Crippen molar-refractivity contribution < 1.29 is 19.3 Å². The third-order valence-corrected chi connectivity index (χ3v) is 3.34. The topological polar surface area (TPSA) is 71.7 Å². The van der Waals surface area contributed by atoms with Gasteiger partial charge in [0.15, 0.2) is 23.0 Å². The van der Waals surface area contributed by atoms with Crippen molar-refractivity contribution in [3.63, 3.8) is 0 Å². The molecule has 23 heavy (non-hydrogen) atoms. The zero-order valence-electron chi connectivity index (χ0n) is 13.2. The zero-order valence-corrected chi connectivity index (χ0v) is 13.2. The molecule has 2 aromatic rings. The lowest BCUT2D eigenvalue weighted by molar-refractivity contribution is 0.355. The van der Waals surface area contributed by atoms with Crippen LogP contribution in [0.1, 0.15) is 11.1 Å². The maximum Gasteiger partial charge on any atom is 0.167 e. The first kappa shape index (κ1) is 16.2. The Labute approximate surface area is 135 Å². The van der Waals surface area contributed by atoms with Crippen LogP contribution >= 0.6 is 0 Å². The molecule has 0 spiro atoms. The molecule has 0 atom stereocenters. The van der Waals surface area contributed by atoms with Crippen molar-refractivity contribution in [2.75, 3.05) is 21.3 Å². The molecule has 5 nitrogen and oxygen atoms in total. The van der Waals surface area contributed by atoms with Gasteiger partial charge in [0.05, 0.1) is 33.0 Å². The molecule has 118 valence electrons. The van der Waals surface area contributed by atoms with Crippen molar-refractivity contribution >= 4 is 11.6 Å². The quantitative estimate of drug-likeness (QED) is 0.676. The number of phenolic OH excluding ortho intramolecular Hbond substituents is 1. The molecular weight excluding hydrogens is 294 g/mol. The fraction of sp³-hybridized carbons (Fsp3) is 0.167. The highest BCUT2D eigenvalue weighted by Gasteiger charge is 2.11. The van der Waals surface area contributed by atoms with Crippen LogP contribution in [0.25, 0.3) is 11.6 Å². The summed E-state index contributed by atoms with van der Waals surface area (Å²) < 4.78 is 15.6. The fourth-order valence-corrected chi connectivity index (χ4v) is 2.22. The normalized spacial score (nSPS) is 10.8. The van der Waals surface area contributed by atoms with Crippen molar-refractivity contribution in [2.24, 2.45) is 0 Å². The third-order valence-electron chi connectivity index (χ3n) is 3.34. The van der Waals surface area contributed by atoms with Gasteiger partial charge in [-0.25, -0.2) is 0 Å². The van der Waals surface area contributed by atoms with Crippen molar-refractivity contribution in [3.05, 3.63) is 47.5 Å². The molecule has 0 saturated carbocycles. The Hall–Kier alpha value is -3.13. The number of ether oxygens (including phenoxy) is 3. The monoisotopic (exact) mass is 311 g/mol. The lowest BCUT2D eigenvalue weighted by Crippen LogP contribution is -1.92. The van der Waals surface area contributed by atoms with E-state index in [0.717, 1.165) is 0 Å². The van der Waals surface area contributed by atoms with E-state index in [1.54, 1.807) is 43.5 Å². The van der Waals surface area contributed by atoms with Gasteiger partial charge in [-0.15, -0.1) is 0 Å². The molecular formula is C18H17NO4. The summed E-state index contributed by atoms with van der Waals surface area (Å²) in [5, 5.41) is 19.3. The highest BCUT2D eigenvalue weighted by atomic mass is 16.5. The van der Waals surface area contributed by atoms with E-state index in [4.69, 9.17) is 14.2 Å². The van der Waals surface area contributed by atoms with Gasteiger partial charge in [-0.1, -0.05) is 12.1 Å². The summed E-state index contributed by atoms with van der Waals surface area (Å²) in [6.07, 6.45) is 1.65. The molecule has 2 aromatic carbocycles. The highest BCUT2D eigenvalue weighted by Crippen LogP contribution is 2.34. The number of methoxy groups -OCH3 is 3. The molecule has 5 heteroatoms. The van der Waals surface area contributed by atoms with Gasteiger partial charge in [0.2, 0.25) is 0 Å². The predicted molar refractivity (Wildman–Crippen MR) is 87.7 cm³/mol. The SMILES string of the molecule is COc1ccc(C(C#N)=Cc2cccc(O)c2OC)cc1OC. The Kier molecular flexibility index (Phi) is 5.11. The van der Waals surface area contributed by atoms with Crippen LogP contribution in [0.2, 0.25) is 0 Å². The maximum absolute atomic E-state index is 9.82. The first-order valence-corrected chi connectivity index (χ1v) is 6.84. The number of phenols is 1. The number of hydrogen-bond acceptors (Lipinski definition) is 5. The van der Waals surface area contributed by atoms with Gasteiger partial charge in [-0.2, -0.15) is 5.26 Å². The van der Waals surface area contributed by atoms with Crippen molar-refractivity contribution in [3.8, 4) is 29.1 Å². The summed E-state index contributed by atoms with van der Waals surface area (Å²) in [7, 11) is 4.56.